The van der Waals surface area contributed by atoms with Crippen LogP contribution in [-0.2, 0) is 13.2 Å². The summed E-state index contributed by atoms with van der Waals surface area (Å²) in [5.74, 6) is 0.706. The Kier molecular flexibility index (Phi) is 7.00. The van der Waals surface area contributed by atoms with E-state index in [9.17, 15) is 4.79 Å². The number of ether oxygens (including phenoxy) is 1. The molecular formula is C24H18Cl3N3O2. The van der Waals surface area contributed by atoms with Crippen LogP contribution in [0.25, 0.3) is 0 Å². The molecule has 0 atom stereocenters. The molecule has 32 heavy (non-hydrogen) atoms. The molecule has 1 N–H and O–H groups in total. The minimum atomic E-state index is -0.305. The van der Waals surface area contributed by atoms with E-state index in [0.29, 0.717) is 39.6 Å². The van der Waals surface area contributed by atoms with Gasteiger partial charge in [0.2, 0.25) is 0 Å². The summed E-state index contributed by atoms with van der Waals surface area (Å²) < 4.78 is 7.36. The van der Waals surface area contributed by atoms with Crippen molar-refractivity contribution < 1.29 is 9.53 Å². The van der Waals surface area contributed by atoms with Crippen molar-refractivity contribution in [2.24, 2.45) is 0 Å². The zero-order chi connectivity index (χ0) is 22.5. The first kappa shape index (κ1) is 22.2. The van der Waals surface area contributed by atoms with E-state index in [4.69, 9.17) is 39.5 Å². The molecule has 162 valence electrons. The molecule has 0 bridgehead atoms. The summed E-state index contributed by atoms with van der Waals surface area (Å²) in [5.41, 5.74) is 2.32. The topological polar surface area (TPSA) is 56.2 Å². The van der Waals surface area contributed by atoms with Gasteiger partial charge in [-0.05, 0) is 53.6 Å². The minimum Gasteiger partial charge on any atom is -0.489 e. The van der Waals surface area contributed by atoms with E-state index in [1.807, 2.05) is 36.4 Å². The molecular weight excluding hydrogens is 469 g/mol. The molecule has 1 amide bonds. The molecule has 5 nitrogen and oxygen atoms in total. The van der Waals surface area contributed by atoms with Crippen molar-refractivity contribution in [1.82, 2.24) is 9.78 Å². The monoisotopic (exact) mass is 485 g/mol. The van der Waals surface area contributed by atoms with E-state index < -0.39 is 0 Å². The molecule has 4 aromatic rings. The number of nitrogens with zero attached hydrogens (tertiary/aromatic N) is 2. The van der Waals surface area contributed by atoms with Crippen LogP contribution in [0.2, 0.25) is 15.1 Å². The van der Waals surface area contributed by atoms with Gasteiger partial charge in [0.1, 0.15) is 17.4 Å². The van der Waals surface area contributed by atoms with Crippen molar-refractivity contribution in [1.29, 1.82) is 0 Å². The number of amides is 1. The number of halogens is 3. The Bertz CT molecular complexity index is 1220. The summed E-state index contributed by atoms with van der Waals surface area (Å²) >= 11 is 18.3. The lowest BCUT2D eigenvalue weighted by Gasteiger charge is -2.08. The molecule has 0 saturated heterocycles. The van der Waals surface area contributed by atoms with Crippen LogP contribution in [0.5, 0.6) is 5.75 Å². The highest BCUT2D eigenvalue weighted by Crippen LogP contribution is 2.23. The highest BCUT2D eigenvalue weighted by Gasteiger charge is 2.13. The van der Waals surface area contributed by atoms with E-state index in [0.717, 1.165) is 16.9 Å². The number of anilines is 1. The molecule has 3 aromatic carbocycles. The van der Waals surface area contributed by atoms with Gasteiger partial charge < -0.3 is 10.1 Å². The van der Waals surface area contributed by atoms with Gasteiger partial charge in [-0.2, -0.15) is 5.10 Å². The second kappa shape index (κ2) is 10.1. The summed E-state index contributed by atoms with van der Waals surface area (Å²) in [5, 5.41) is 8.76. The number of hydrogen-bond donors (Lipinski definition) is 1. The van der Waals surface area contributed by atoms with Crippen molar-refractivity contribution >= 4 is 46.5 Å². The molecule has 0 saturated carbocycles. The van der Waals surface area contributed by atoms with Crippen LogP contribution < -0.4 is 10.1 Å². The summed E-state index contributed by atoms with van der Waals surface area (Å²) in [4.78, 5) is 12.6. The zero-order valence-corrected chi connectivity index (χ0v) is 19.0. The Hall–Kier alpha value is -2.99. The van der Waals surface area contributed by atoms with Gasteiger partial charge in [-0.3, -0.25) is 9.48 Å². The number of nitrogens with one attached hydrogen (secondary N) is 1. The van der Waals surface area contributed by atoms with Crippen molar-refractivity contribution in [3.8, 4) is 5.75 Å². The second-order valence-electron chi connectivity index (χ2n) is 7.01. The van der Waals surface area contributed by atoms with E-state index in [2.05, 4.69) is 10.4 Å². The average Bonchev–Trinajstić information content (AvgIpc) is 3.14. The molecule has 0 spiro atoms. The lowest BCUT2D eigenvalue weighted by atomic mass is 10.1. The Labute approximate surface area is 200 Å². The average molecular weight is 487 g/mol. The number of rotatable bonds is 7. The van der Waals surface area contributed by atoms with Gasteiger partial charge in [-0.1, -0.05) is 65.1 Å². The minimum absolute atomic E-state index is 0.291. The fourth-order valence-electron chi connectivity index (χ4n) is 2.99. The Morgan fingerprint density at radius 3 is 2.34 bits per heavy atom. The lowest BCUT2D eigenvalue weighted by molar-refractivity contribution is 0.102. The van der Waals surface area contributed by atoms with Crippen molar-refractivity contribution in [2.75, 3.05) is 5.32 Å². The maximum absolute atomic E-state index is 12.6. The molecule has 0 radical (unpaired) electrons. The quantitative estimate of drug-likeness (QED) is 0.315. The van der Waals surface area contributed by atoms with Crippen molar-refractivity contribution in [3.63, 3.8) is 0 Å². The fraction of sp³-hybridized carbons (Fsp3) is 0.0833. The lowest BCUT2D eigenvalue weighted by Crippen LogP contribution is -2.13. The molecule has 0 aliphatic rings. The third-order valence-corrected chi connectivity index (χ3v) is 5.57. The Balaban J connectivity index is 1.37. The van der Waals surface area contributed by atoms with E-state index in [1.54, 1.807) is 47.3 Å². The van der Waals surface area contributed by atoms with Crippen molar-refractivity contribution in [3.05, 3.63) is 111 Å². The van der Waals surface area contributed by atoms with Gasteiger partial charge in [-0.25, -0.2) is 0 Å². The largest absolute Gasteiger partial charge is 0.489 e. The maximum Gasteiger partial charge on any atom is 0.256 e. The van der Waals surface area contributed by atoms with Gasteiger partial charge in [0.05, 0.1) is 6.54 Å². The van der Waals surface area contributed by atoms with Crippen LogP contribution in [0.15, 0.2) is 79.0 Å². The standard InChI is InChI=1S/C24H18Cl3N3O2/c25-19-9-11-20(12-10-19)32-15-16-5-7-17(8-6-16)24(31)28-23-22(27)14-30(29-23)13-18-3-1-2-4-21(18)26/h1-12,14H,13,15H2,(H,28,29,31). The predicted octanol–water partition coefficient (Wildman–Crippen LogP) is 6.72. The number of hydrogen-bond acceptors (Lipinski definition) is 3. The highest BCUT2D eigenvalue weighted by molar-refractivity contribution is 6.33. The van der Waals surface area contributed by atoms with Crippen LogP contribution in [-0.4, -0.2) is 15.7 Å². The molecule has 8 heteroatoms. The molecule has 0 fully saturated rings. The summed E-state index contributed by atoms with van der Waals surface area (Å²) in [6.07, 6.45) is 1.65. The van der Waals surface area contributed by atoms with E-state index in [-0.39, 0.29) is 5.91 Å². The number of carbonyl (C=O) groups excluding carboxylic acids is 1. The summed E-state index contributed by atoms with van der Waals surface area (Å²) in [6, 6.07) is 21.8. The van der Waals surface area contributed by atoms with Crippen LogP contribution in [0, 0.1) is 0 Å². The fourth-order valence-corrected chi connectivity index (χ4v) is 3.51. The Morgan fingerprint density at radius 2 is 1.62 bits per heavy atom. The normalized spacial score (nSPS) is 10.7. The molecule has 1 heterocycles. The molecule has 4 rings (SSSR count). The first-order valence-electron chi connectivity index (χ1n) is 9.73. The molecule has 1 aromatic heterocycles. The summed E-state index contributed by atoms with van der Waals surface area (Å²) in [7, 11) is 0. The van der Waals surface area contributed by atoms with Gasteiger partial charge in [0.25, 0.3) is 5.91 Å². The summed E-state index contributed by atoms with van der Waals surface area (Å²) in [6.45, 7) is 0.819. The first-order chi connectivity index (χ1) is 15.5. The van der Waals surface area contributed by atoms with Crippen LogP contribution in [0.1, 0.15) is 21.5 Å². The highest BCUT2D eigenvalue weighted by atomic mass is 35.5. The third-order valence-electron chi connectivity index (χ3n) is 4.67. The van der Waals surface area contributed by atoms with E-state index >= 15 is 0 Å². The van der Waals surface area contributed by atoms with Crippen LogP contribution in [0.4, 0.5) is 5.82 Å². The SMILES string of the molecule is O=C(Nc1nn(Cc2ccccc2Cl)cc1Cl)c1ccc(COc2ccc(Cl)cc2)cc1. The molecule has 0 unspecified atom stereocenters. The van der Waals surface area contributed by atoms with Gasteiger partial charge >= 0.3 is 0 Å². The van der Waals surface area contributed by atoms with Gasteiger partial charge in [0.15, 0.2) is 5.82 Å². The van der Waals surface area contributed by atoms with E-state index in [1.165, 1.54) is 0 Å². The molecule has 0 aliphatic heterocycles. The van der Waals surface area contributed by atoms with Gasteiger partial charge in [-0.15, -0.1) is 0 Å². The van der Waals surface area contributed by atoms with Crippen LogP contribution in [0.3, 0.4) is 0 Å². The molecule has 0 aliphatic carbocycles. The number of aromatic nitrogens is 2. The maximum atomic E-state index is 12.6. The number of benzene rings is 3. The number of carbonyl (C=O) groups is 1. The van der Waals surface area contributed by atoms with Crippen molar-refractivity contribution in [2.45, 2.75) is 13.2 Å². The van der Waals surface area contributed by atoms with Gasteiger partial charge in [0, 0.05) is 21.8 Å². The van der Waals surface area contributed by atoms with Crippen LogP contribution >= 0.6 is 34.8 Å². The smallest absolute Gasteiger partial charge is 0.256 e. The first-order valence-corrected chi connectivity index (χ1v) is 10.9. The zero-order valence-electron chi connectivity index (χ0n) is 16.8. The predicted molar refractivity (Wildman–Crippen MR) is 128 cm³/mol. The Morgan fingerprint density at radius 1 is 0.906 bits per heavy atom. The third kappa shape index (κ3) is 5.62. The second-order valence-corrected chi connectivity index (χ2v) is 8.26.